The molecule has 3 aromatic rings. The maximum Gasteiger partial charge on any atom is 0.323 e. The number of benzene rings is 1. The molecule has 2 aromatic heterocycles. The number of carbonyl (C=O) groups is 2. The largest absolute Gasteiger partial charge is 0.494 e. The second-order valence-corrected chi connectivity index (χ2v) is 8.15. The first-order valence-electron chi connectivity index (χ1n) is 9.03. The molecule has 0 radical (unpaired) electrons. The summed E-state index contributed by atoms with van der Waals surface area (Å²) in [6, 6.07) is 7.91. The Morgan fingerprint density at radius 2 is 2.00 bits per heavy atom. The van der Waals surface area contributed by atoms with Crippen molar-refractivity contribution in [1.82, 2.24) is 14.9 Å². The number of rotatable bonds is 9. The molecule has 2 heterocycles. The molecule has 0 saturated carbocycles. The maximum atomic E-state index is 12.1. The van der Waals surface area contributed by atoms with E-state index in [9.17, 15) is 9.59 Å². The zero-order valence-corrected chi connectivity index (χ0v) is 17.8. The Bertz CT molecular complexity index is 1000. The normalized spacial score (nSPS) is 10.8. The van der Waals surface area contributed by atoms with Gasteiger partial charge in [0.1, 0.15) is 28.5 Å². The van der Waals surface area contributed by atoms with Crippen molar-refractivity contribution in [2.24, 2.45) is 0 Å². The molecule has 0 aliphatic heterocycles. The van der Waals surface area contributed by atoms with Crippen molar-refractivity contribution >= 4 is 45.2 Å². The van der Waals surface area contributed by atoms with Crippen molar-refractivity contribution in [2.75, 3.05) is 26.0 Å². The average molecular weight is 432 g/mol. The number of likely N-dealkylation sites (N-methyl/N-ethyl adjacent to an activating group) is 1. The SMILES string of the molecule is CCOc1ccc(-c2csc3ncnc(SCCC(=O)N(C)CC(=O)O)c23)cc1. The number of aliphatic carboxylic acids is 1. The number of thioether (sulfide) groups is 1. The number of nitrogens with zero attached hydrogens (tertiary/aromatic N) is 3. The topological polar surface area (TPSA) is 92.6 Å². The van der Waals surface area contributed by atoms with Crippen LogP contribution in [-0.2, 0) is 9.59 Å². The van der Waals surface area contributed by atoms with E-state index in [1.54, 1.807) is 11.3 Å². The van der Waals surface area contributed by atoms with Gasteiger partial charge in [0.05, 0.1) is 12.0 Å². The number of hydrogen-bond acceptors (Lipinski definition) is 7. The second-order valence-electron chi connectivity index (χ2n) is 6.21. The maximum absolute atomic E-state index is 12.1. The first-order valence-corrected chi connectivity index (χ1v) is 10.9. The summed E-state index contributed by atoms with van der Waals surface area (Å²) in [5.74, 6) is 0.102. The van der Waals surface area contributed by atoms with Crippen molar-refractivity contribution in [3.05, 3.63) is 36.0 Å². The molecule has 0 bridgehead atoms. The fraction of sp³-hybridized carbons (Fsp3) is 0.300. The van der Waals surface area contributed by atoms with Crippen LogP contribution >= 0.6 is 23.1 Å². The van der Waals surface area contributed by atoms with Gasteiger partial charge in [-0.1, -0.05) is 12.1 Å². The second kappa shape index (κ2) is 9.71. The lowest BCUT2D eigenvalue weighted by molar-refractivity contribution is -0.143. The van der Waals surface area contributed by atoms with Crippen molar-refractivity contribution < 1.29 is 19.4 Å². The van der Waals surface area contributed by atoms with E-state index in [4.69, 9.17) is 9.84 Å². The summed E-state index contributed by atoms with van der Waals surface area (Å²) in [7, 11) is 1.49. The van der Waals surface area contributed by atoms with Crippen LogP contribution in [0.3, 0.4) is 0 Å². The van der Waals surface area contributed by atoms with Gasteiger partial charge in [-0.3, -0.25) is 9.59 Å². The summed E-state index contributed by atoms with van der Waals surface area (Å²) in [6.45, 7) is 2.27. The van der Waals surface area contributed by atoms with Crippen LogP contribution in [0, 0.1) is 0 Å². The monoisotopic (exact) mass is 431 g/mol. The van der Waals surface area contributed by atoms with Gasteiger partial charge in [0.15, 0.2) is 0 Å². The molecule has 0 aliphatic carbocycles. The van der Waals surface area contributed by atoms with Crippen molar-refractivity contribution in [2.45, 2.75) is 18.4 Å². The van der Waals surface area contributed by atoms with Crippen LogP contribution in [0.5, 0.6) is 5.75 Å². The molecule has 9 heteroatoms. The molecule has 0 fully saturated rings. The van der Waals surface area contributed by atoms with Gasteiger partial charge in [-0.25, -0.2) is 9.97 Å². The molecule has 1 N–H and O–H groups in total. The molecule has 152 valence electrons. The number of hydrogen-bond donors (Lipinski definition) is 1. The highest BCUT2D eigenvalue weighted by atomic mass is 32.2. The van der Waals surface area contributed by atoms with Gasteiger partial charge in [-0.05, 0) is 24.6 Å². The van der Waals surface area contributed by atoms with Crippen LogP contribution in [0.4, 0.5) is 0 Å². The number of carbonyl (C=O) groups excluding carboxylic acids is 1. The molecule has 0 atom stereocenters. The van der Waals surface area contributed by atoms with Crippen LogP contribution in [0.25, 0.3) is 21.3 Å². The van der Waals surface area contributed by atoms with Crippen molar-refractivity contribution in [3.8, 4) is 16.9 Å². The van der Waals surface area contributed by atoms with Gasteiger partial charge in [-0.15, -0.1) is 23.1 Å². The van der Waals surface area contributed by atoms with Crippen LogP contribution in [0.2, 0.25) is 0 Å². The number of carboxylic acid groups (broad SMARTS) is 1. The Balaban J connectivity index is 1.76. The first-order chi connectivity index (χ1) is 14.0. The molecule has 0 saturated heterocycles. The minimum Gasteiger partial charge on any atom is -0.494 e. The number of ether oxygens (including phenoxy) is 1. The van der Waals surface area contributed by atoms with E-state index in [-0.39, 0.29) is 18.9 Å². The Hall–Kier alpha value is -2.65. The van der Waals surface area contributed by atoms with E-state index in [1.165, 1.54) is 30.0 Å². The molecule has 29 heavy (non-hydrogen) atoms. The number of amides is 1. The molecule has 3 rings (SSSR count). The van der Waals surface area contributed by atoms with Crippen LogP contribution in [0.1, 0.15) is 13.3 Å². The summed E-state index contributed by atoms with van der Waals surface area (Å²) in [6.07, 6.45) is 1.77. The highest BCUT2D eigenvalue weighted by molar-refractivity contribution is 7.99. The van der Waals surface area contributed by atoms with Crippen LogP contribution < -0.4 is 4.74 Å². The van der Waals surface area contributed by atoms with E-state index in [1.807, 2.05) is 31.2 Å². The Morgan fingerprint density at radius 1 is 1.24 bits per heavy atom. The van der Waals surface area contributed by atoms with Gasteiger partial charge < -0.3 is 14.7 Å². The van der Waals surface area contributed by atoms with Gasteiger partial charge in [-0.2, -0.15) is 0 Å². The third kappa shape index (κ3) is 5.24. The van der Waals surface area contributed by atoms with Crippen LogP contribution in [-0.4, -0.2) is 57.8 Å². The summed E-state index contributed by atoms with van der Waals surface area (Å²) in [5, 5.41) is 12.6. The quantitative estimate of drug-likeness (QED) is 0.407. The van der Waals surface area contributed by atoms with E-state index in [2.05, 4.69) is 15.3 Å². The predicted octanol–water partition coefficient (Wildman–Crippen LogP) is 3.78. The summed E-state index contributed by atoms with van der Waals surface area (Å²) >= 11 is 3.03. The molecular formula is C20H21N3O4S2. The van der Waals surface area contributed by atoms with Gasteiger partial charge >= 0.3 is 5.97 Å². The first kappa shape index (κ1) is 21.1. The molecule has 0 unspecified atom stereocenters. The lowest BCUT2D eigenvalue weighted by Crippen LogP contribution is -2.32. The summed E-state index contributed by atoms with van der Waals surface area (Å²) < 4.78 is 5.51. The van der Waals surface area contributed by atoms with Gasteiger partial charge in [0.2, 0.25) is 5.91 Å². The molecule has 1 aromatic carbocycles. The highest BCUT2D eigenvalue weighted by Gasteiger charge is 2.16. The molecule has 7 nitrogen and oxygen atoms in total. The molecule has 0 aliphatic rings. The van der Waals surface area contributed by atoms with Crippen LogP contribution in [0.15, 0.2) is 41.0 Å². The Kier molecular flexibility index (Phi) is 7.05. The number of aromatic nitrogens is 2. The Labute approximate surface area is 176 Å². The number of fused-ring (bicyclic) bond motifs is 1. The summed E-state index contributed by atoms with van der Waals surface area (Å²) in [5.41, 5.74) is 2.10. The van der Waals surface area contributed by atoms with Crippen molar-refractivity contribution in [1.29, 1.82) is 0 Å². The fourth-order valence-electron chi connectivity index (χ4n) is 2.78. The van der Waals surface area contributed by atoms with E-state index in [0.717, 1.165) is 32.1 Å². The average Bonchev–Trinajstić information content (AvgIpc) is 3.13. The Morgan fingerprint density at radius 3 is 2.69 bits per heavy atom. The minimum absolute atomic E-state index is 0.206. The van der Waals surface area contributed by atoms with E-state index < -0.39 is 5.97 Å². The van der Waals surface area contributed by atoms with Gasteiger partial charge in [0.25, 0.3) is 0 Å². The molecular weight excluding hydrogens is 410 g/mol. The lowest BCUT2D eigenvalue weighted by atomic mass is 10.1. The zero-order valence-electron chi connectivity index (χ0n) is 16.1. The molecule has 1 amide bonds. The lowest BCUT2D eigenvalue weighted by Gasteiger charge is -2.14. The smallest absolute Gasteiger partial charge is 0.323 e. The third-order valence-electron chi connectivity index (χ3n) is 4.16. The highest BCUT2D eigenvalue weighted by Crippen LogP contribution is 2.38. The minimum atomic E-state index is -1.02. The fourth-order valence-corrected chi connectivity index (χ4v) is 4.71. The number of carboxylic acids is 1. The van der Waals surface area contributed by atoms with Gasteiger partial charge in [0, 0.05) is 30.2 Å². The van der Waals surface area contributed by atoms with Crippen molar-refractivity contribution in [3.63, 3.8) is 0 Å². The van der Waals surface area contributed by atoms with E-state index >= 15 is 0 Å². The summed E-state index contributed by atoms with van der Waals surface area (Å²) in [4.78, 5) is 33.7. The zero-order chi connectivity index (χ0) is 20.8. The number of thiophene rings is 1. The standard InChI is InChI=1S/C20H21N3O4S2/c1-3-27-14-6-4-13(5-7-14)15-11-29-20-18(15)19(21-12-22-20)28-9-8-16(24)23(2)10-17(25)26/h4-7,11-12H,3,8-10H2,1-2H3,(H,25,26). The predicted molar refractivity (Wildman–Crippen MR) is 115 cm³/mol. The molecule has 0 spiro atoms. The third-order valence-corrected chi connectivity index (χ3v) is 6.04. The van der Waals surface area contributed by atoms with E-state index in [0.29, 0.717) is 12.4 Å².